The molecule has 0 bridgehead atoms. The number of hydrogen-bond acceptors (Lipinski definition) is 3. The average Bonchev–Trinajstić information content (AvgIpc) is 2.23. The van der Waals surface area contributed by atoms with Gasteiger partial charge in [0.2, 0.25) is 0 Å². The fraction of sp³-hybridized carbons (Fsp3) is 0.545. The lowest BCUT2D eigenvalue weighted by Crippen LogP contribution is -2.30. The number of pyridine rings is 1. The topological polar surface area (TPSA) is 42.2 Å². The number of rotatable bonds is 1. The lowest BCUT2D eigenvalue weighted by atomic mass is 10.1. The molecule has 1 aromatic heterocycles. The van der Waals surface area contributed by atoms with Crippen LogP contribution in [0.4, 0.5) is 11.5 Å². The highest BCUT2D eigenvalue weighted by atomic mass is 15.2. The summed E-state index contributed by atoms with van der Waals surface area (Å²) in [5, 5.41) is 0. The summed E-state index contributed by atoms with van der Waals surface area (Å²) < 4.78 is 0. The molecule has 0 radical (unpaired) electrons. The van der Waals surface area contributed by atoms with Gasteiger partial charge in [-0.25, -0.2) is 4.98 Å². The highest BCUT2D eigenvalue weighted by Gasteiger charge is 2.12. The predicted molar refractivity (Wildman–Crippen MR) is 59.5 cm³/mol. The van der Waals surface area contributed by atoms with E-state index in [1.807, 2.05) is 19.1 Å². The van der Waals surface area contributed by atoms with Crippen LogP contribution in [0.2, 0.25) is 0 Å². The van der Waals surface area contributed by atoms with Crippen molar-refractivity contribution in [1.82, 2.24) is 4.98 Å². The summed E-state index contributed by atoms with van der Waals surface area (Å²) in [4.78, 5) is 6.84. The minimum Gasteiger partial charge on any atom is -0.397 e. The van der Waals surface area contributed by atoms with E-state index in [-0.39, 0.29) is 0 Å². The Hall–Kier alpha value is -1.25. The summed E-state index contributed by atoms with van der Waals surface area (Å²) in [6, 6.07) is 3.97. The van der Waals surface area contributed by atoms with Crippen molar-refractivity contribution in [1.29, 1.82) is 0 Å². The maximum Gasteiger partial charge on any atom is 0.128 e. The first-order valence-electron chi connectivity index (χ1n) is 5.25. The van der Waals surface area contributed by atoms with Crippen molar-refractivity contribution >= 4 is 11.5 Å². The minimum atomic E-state index is 0.783. The molecule has 0 saturated carbocycles. The van der Waals surface area contributed by atoms with Crippen molar-refractivity contribution in [3.8, 4) is 0 Å². The van der Waals surface area contributed by atoms with E-state index in [2.05, 4.69) is 9.88 Å². The third kappa shape index (κ3) is 1.81. The zero-order valence-corrected chi connectivity index (χ0v) is 8.66. The Morgan fingerprint density at radius 3 is 2.57 bits per heavy atom. The summed E-state index contributed by atoms with van der Waals surface area (Å²) >= 11 is 0. The molecular weight excluding hydrogens is 174 g/mol. The quantitative estimate of drug-likeness (QED) is 0.738. The highest BCUT2D eigenvalue weighted by Crippen LogP contribution is 2.19. The second-order valence-electron chi connectivity index (χ2n) is 3.89. The van der Waals surface area contributed by atoms with Crippen LogP contribution in [0.15, 0.2) is 12.1 Å². The molecule has 2 N–H and O–H groups in total. The molecule has 2 heterocycles. The first kappa shape index (κ1) is 9.31. The van der Waals surface area contributed by atoms with E-state index in [9.17, 15) is 0 Å². The van der Waals surface area contributed by atoms with Crippen LogP contribution >= 0.6 is 0 Å². The maximum absolute atomic E-state index is 5.74. The molecule has 2 rings (SSSR count). The average molecular weight is 191 g/mol. The molecule has 3 nitrogen and oxygen atoms in total. The van der Waals surface area contributed by atoms with Crippen LogP contribution in [-0.2, 0) is 0 Å². The van der Waals surface area contributed by atoms with E-state index in [4.69, 9.17) is 5.73 Å². The van der Waals surface area contributed by atoms with Gasteiger partial charge in [-0.2, -0.15) is 0 Å². The van der Waals surface area contributed by atoms with Crippen molar-refractivity contribution in [2.24, 2.45) is 0 Å². The first-order chi connectivity index (χ1) is 6.77. The van der Waals surface area contributed by atoms with Crippen LogP contribution in [0.25, 0.3) is 0 Å². The number of nitrogens with zero attached hydrogens (tertiary/aromatic N) is 2. The van der Waals surface area contributed by atoms with E-state index in [0.717, 1.165) is 30.3 Å². The second-order valence-corrected chi connectivity index (χ2v) is 3.89. The van der Waals surface area contributed by atoms with Crippen LogP contribution < -0.4 is 10.6 Å². The van der Waals surface area contributed by atoms with Gasteiger partial charge in [-0.05, 0) is 38.3 Å². The number of piperidine rings is 1. The van der Waals surface area contributed by atoms with Crippen LogP contribution in [0.5, 0.6) is 0 Å². The third-order valence-corrected chi connectivity index (χ3v) is 2.79. The molecule has 0 atom stereocenters. The van der Waals surface area contributed by atoms with Gasteiger partial charge in [0, 0.05) is 13.1 Å². The zero-order valence-electron chi connectivity index (χ0n) is 8.66. The Morgan fingerprint density at radius 2 is 1.93 bits per heavy atom. The monoisotopic (exact) mass is 191 g/mol. The molecular formula is C11H17N3. The van der Waals surface area contributed by atoms with Gasteiger partial charge >= 0.3 is 0 Å². The molecule has 1 aromatic rings. The number of aryl methyl sites for hydroxylation is 1. The van der Waals surface area contributed by atoms with Gasteiger partial charge in [0.25, 0.3) is 0 Å². The largest absolute Gasteiger partial charge is 0.397 e. The second kappa shape index (κ2) is 3.86. The van der Waals surface area contributed by atoms with Crippen molar-refractivity contribution < 1.29 is 0 Å². The Balaban J connectivity index is 2.18. The van der Waals surface area contributed by atoms with Crippen molar-refractivity contribution in [3.63, 3.8) is 0 Å². The predicted octanol–water partition coefficient (Wildman–Crippen LogP) is 1.96. The van der Waals surface area contributed by atoms with Gasteiger partial charge in [-0.3, -0.25) is 0 Å². The smallest absolute Gasteiger partial charge is 0.128 e. The molecule has 0 aliphatic carbocycles. The van der Waals surface area contributed by atoms with E-state index in [0.29, 0.717) is 0 Å². The highest BCUT2D eigenvalue weighted by molar-refractivity contribution is 5.50. The lowest BCUT2D eigenvalue weighted by molar-refractivity contribution is 0.573. The maximum atomic E-state index is 5.74. The van der Waals surface area contributed by atoms with E-state index >= 15 is 0 Å². The SMILES string of the molecule is Cc1nc(N2CCCCC2)ccc1N. The summed E-state index contributed by atoms with van der Waals surface area (Å²) in [6.45, 7) is 4.23. The van der Waals surface area contributed by atoms with Gasteiger partial charge in [-0.15, -0.1) is 0 Å². The van der Waals surface area contributed by atoms with Crippen LogP contribution in [0.1, 0.15) is 25.0 Å². The Kier molecular flexibility index (Phi) is 2.57. The molecule has 0 aromatic carbocycles. The van der Waals surface area contributed by atoms with E-state index in [1.165, 1.54) is 19.3 Å². The summed E-state index contributed by atoms with van der Waals surface area (Å²) in [6.07, 6.45) is 3.92. The van der Waals surface area contributed by atoms with Crippen molar-refractivity contribution in [3.05, 3.63) is 17.8 Å². The molecule has 1 aliphatic rings. The minimum absolute atomic E-state index is 0.783. The van der Waals surface area contributed by atoms with Crippen molar-refractivity contribution in [2.75, 3.05) is 23.7 Å². The van der Waals surface area contributed by atoms with Crippen LogP contribution in [-0.4, -0.2) is 18.1 Å². The Labute approximate surface area is 84.9 Å². The fourth-order valence-corrected chi connectivity index (χ4v) is 1.86. The van der Waals surface area contributed by atoms with E-state index < -0.39 is 0 Å². The number of anilines is 2. The van der Waals surface area contributed by atoms with Gasteiger partial charge in [-0.1, -0.05) is 0 Å². The molecule has 0 unspecified atom stereocenters. The Bertz CT molecular complexity index is 316. The third-order valence-electron chi connectivity index (χ3n) is 2.79. The first-order valence-corrected chi connectivity index (χ1v) is 5.25. The molecule has 0 spiro atoms. The Morgan fingerprint density at radius 1 is 1.21 bits per heavy atom. The number of nitrogens with two attached hydrogens (primary N) is 1. The molecule has 1 saturated heterocycles. The zero-order chi connectivity index (χ0) is 9.97. The molecule has 14 heavy (non-hydrogen) atoms. The van der Waals surface area contributed by atoms with Gasteiger partial charge in [0.05, 0.1) is 11.4 Å². The summed E-state index contributed by atoms with van der Waals surface area (Å²) in [5.41, 5.74) is 7.46. The van der Waals surface area contributed by atoms with Crippen molar-refractivity contribution in [2.45, 2.75) is 26.2 Å². The van der Waals surface area contributed by atoms with Gasteiger partial charge < -0.3 is 10.6 Å². The molecule has 0 amide bonds. The van der Waals surface area contributed by atoms with Gasteiger partial charge in [0.15, 0.2) is 0 Å². The number of hydrogen-bond donors (Lipinski definition) is 1. The van der Waals surface area contributed by atoms with Crippen LogP contribution in [0.3, 0.4) is 0 Å². The van der Waals surface area contributed by atoms with E-state index in [1.54, 1.807) is 0 Å². The number of nitrogen functional groups attached to an aromatic ring is 1. The summed E-state index contributed by atoms with van der Waals surface area (Å²) in [5.74, 6) is 1.08. The standard InChI is InChI=1S/C11H17N3/c1-9-10(12)5-6-11(13-9)14-7-3-2-4-8-14/h5-6H,2-4,7-8,12H2,1H3. The number of aromatic nitrogens is 1. The molecule has 3 heteroatoms. The van der Waals surface area contributed by atoms with Gasteiger partial charge in [0.1, 0.15) is 5.82 Å². The molecule has 1 fully saturated rings. The molecule has 1 aliphatic heterocycles. The fourth-order valence-electron chi connectivity index (χ4n) is 1.86. The summed E-state index contributed by atoms with van der Waals surface area (Å²) in [7, 11) is 0. The lowest BCUT2D eigenvalue weighted by Gasteiger charge is -2.28. The molecule has 76 valence electrons. The van der Waals surface area contributed by atoms with Crippen LogP contribution in [0, 0.1) is 6.92 Å². The normalized spacial score (nSPS) is 17.1.